The zero-order chi connectivity index (χ0) is 9.87. The molecule has 1 aromatic carbocycles. The van der Waals surface area contributed by atoms with Crippen LogP contribution in [-0.4, -0.2) is 4.83 Å². The lowest BCUT2D eigenvalue weighted by atomic mass is 9.97. The Bertz CT molecular complexity index is 397. The highest BCUT2D eigenvalue weighted by molar-refractivity contribution is 9.14. The summed E-state index contributed by atoms with van der Waals surface area (Å²) in [5.74, 6) is 1.01. The molecular weight excluding hydrogens is 372 g/mol. The van der Waals surface area contributed by atoms with Crippen molar-refractivity contribution >= 4 is 47.8 Å². The number of hydrogen-bond acceptors (Lipinski definition) is 0. The molecular formula is C11H7Br3. The minimum atomic E-state index is 0.505. The molecule has 0 N–H and O–H groups in total. The van der Waals surface area contributed by atoms with Crippen LogP contribution in [-0.2, 0) is 0 Å². The molecule has 0 aliphatic heterocycles. The van der Waals surface area contributed by atoms with Crippen LogP contribution in [0.4, 0.5) is 0 Å². The highest BCUT2D eigenvalue weighted by atomic mass is 79.9. The standard InChI is InChI=1S/C11H7Br3/c12-9-7-5-3-1-2-4-6(5)8(9)11(14)10(7)13/h1-4,7-9H/t7-,8+,9?. The first-order valence-electron chi connectivity index (χ1n) is 4.49. The van der Waals surface area contributed by atoms with Crippen molar-refractivity contribution in [2.24, 2.45) is 0 Å². The van der Waals surface area contributed by atoms with Crippen LogP contribution in [0.25, 0.3) is 0 Å². The minimum Gasteiger partial charge on any atom is -0.0870 e. The molecule has 0 spiro atoms. The van der Waals surface area contributed by atoms with Gasteiger partial charge in [-0.2, -0.15) is 0 Å². The minimum absolute atomic E-state index is 0.505. The maximum absolute atomic E-state index is 3.79. The van der Waals surface area contributed by atoms with Crippen molar-refractivity contribution in [3.63, 3.8) is 0 Å². The largest absolute Gasteiger partial charge is 0.0870 e. The Labute approximate surface area is 108 Å². The van der Waals surface area contributed by atoms with Crippen molar-refractivity contribution in [3.8, 4) is 0 Å². The Morgan fingerprint density at radius 2 is 1.29 bits per heavy atom. The van der Waals surface area contributed by atoms with E-state index in [0.29, 0.717) is 16.7 Å². The molecule has 2 aliphatic rings. The van der Waals surface area contributed by atoms with Gasteiger partial charge in [-0.25, -0.2) is 0 Å². The summed E-state index contributed by atoms with van der Waals surface area (Å²) in [6.07, 6.45) is 0. The third kappa shape index (κ3) is 1.04. The van der Waals surface area contributed by atoms with E-state index in [1.807, 2.05) is 0 Å². The van der Waals surface area contributed by atoms with E-state index in [-0.39, 0.29) is 0 Å². The summed E-state index contributed by atoms with van der Waals surface area (Å²) in [6.45, 7) is 0. The first-order valence-corrected chi connectivity index (χ1v) is 7.00. The maximum Gasteiger partial charge on any atom is 0.0375 e. The number of benzene rings is 1. The fourth-order valence-corrected chi connectivity index (χ4v) is 5.83. The van der Waals surface area contributed by atoms with Crippen LogP contribution >= 0.6 is 47.8 Å². The zero-order valence-corrected chi connectivity index (χ0v) is 11.9. The van der Waals surface area contributed by atoms with Crippen LogP contribution in [0.1, 0.15) is 23.0 Å². The summed E-state index contributed by atoms with van der Waals surface area (Å²) in [5, 5.41) is 0. The molecule has 0 saturated heterocycles. The molecule has 3 rings (SSSR count). The number of fused-ring (bicyclic) bond motifs is 5. The molecule has 2 aliphatic carbocycles. The summed E-state index contributed by atoms with van der Waals surface area (Å²) < 4.78 is 2.62. The van der Waals surface area contributed by atoms with Gasteiger partial charge < -0.3 is 0 Å². The molecule has 0 radical (unpaired) electrons. The quantitative estimate of drug-likeness (QED) is 0.577. The van der Waals surface area contributed by atoms with E-state index in [1.54, 1.807) is 0 Å². The van der Waals surface area contributed by atoms with Crippen LogP contribution in [0.3, 0.4) is 0 Å². The van der Waals surface area contributed by atoms with E-state index in [1.165, 1.54) is 20.1 Å². The van der Waals surface area contributed by atoms with E-state index < -0.39 is 0 Å². The molecule has 2 bridgehead atoms. The molecule has 0 heterocycles. The fraction of sp³-hybridized carbons (Fsp3) is 0.273. The van der Waals surface area contributed by atoms with E-state index in [2.05, 4.69) is 72.1 Å². The van der Waals surface area contributed by atoms with Gasteiger partial charge in [0.25, 0.3) is 0 Å². The van der Waals surface area contributed by atoms with E-state index in [9.17, 15) is 0 Å². The molecule has 0 saturated carbocycles. The van der Waals surface area contributed by atoms with Gasteiger partial charge in [-0.3, -0.25) is 0 Å². The first kappa shape index (κ1) is 9.61. The third-order valence-electron chi connectivity index (χ3n) is 3.08. The average molecular weight is 379 g/mol. The Hall–Kier alpha value is 0.400. The van der Waals surface area contributed by atoms with Gasteiger partial charge in [0, 0.05) is 25.6 Å². The topological polar surface area (TPSA) is 0 Å². The van der Waals surface area contributed by atoms with Crippen molar-refractivity contribution in [3.05, 3.63) is 44.4 Å². The zero-order valence-electron chi connectivity index (χ0n) is 7.18. The van der Waals surface area contributed by atoms with Gasteiger partial charge in [0.1, 0.15) is 0 Å². The summed E-state index contributed by atoms with van der Waals surface area (Å²) in [4.78, 5) is 0.517. The molecule has 3 heteroatoms. The molecule has 0 fully saturated rings. The number of rotatable bonds is 0. The van der Waals surface area contributed by atoms with Crippen LogP contribution in [0.5, 0.6) is 0 Å². The van der Waals surface area contributed by atoms with Crippen molar-refractivity contribution in [2.75, 3.05) is 0 Å². The Kier molecular flexibility index (Phi) is 2.19. The summed E-state index contributed by atoms with van der Waals surface area (Å²) in [7, 11) is 0. The third-order valence-corrected chi connectivity index (χ3v) is 6.51. The lowest BCUT2D eigenvalue weighted by Crippen LogP contribution is -2.02. The predicted octanol–water partition coefficient (Wildman–Crippen LogP) is 4.65. The van der Waals surface area contributed by atoms with Crippen molar-refractivity contribution in [2.45, 2.75) is 16.7 Å². The summed E-state index contributed by atoms with van der Waals surface area (Å²) in [5.41, 5.74) is 2.93. The monoisotopic (exact) mass is 376 g/mol. The molecule has 1 unspecified atom stereocenters. The first-order chi connectivity index (χ1) is 6.72. The van der Waals surface area contributed by atoms with Crippen molar-refractivity contribution < 1.29 is 0 Å². The fourth-order valence-electron chi connectivity index (χ4n) is 2.46. The second-order valence-corrected chi connectivity index (χ2v) is 6.49. The molecule has 3 atom stereocenters. The normalized spacial score (nSPS) is 33.8. The van der Waals surface area contributed by atoms with Crippen molar-refractivity contribution in [1.29, 1.82) is 0 Å². The average Bonchev–Trinajstić information content (AvgIpc) is 2.58. The summed E-state index contributed by atoms with van der Waals surface area (Å²) in [6, 6.07) is 8.70. The predicted molar refractivity (Wildman–Crippen MR) is 69.5 cm³/mol. The number of allylic oxidation sites excluding steroid dienone is 2. The second kappa shape index (κ2) is 3.19. The summed E-state index contributed by atoms with van der Waals surface area (Å²) >= 11 is 11.1. The van der Waals surface area contributed by atoms with E-state index in [4.69, 9.17) is 0 Å². The SMILES string of the molecule is BrC1=C(Br)[C@H]2c3ccccc3[C@@H]1C2Br. The lowest BCUT2D eigenvalue weighted by molar-refractivity contribution is 0.836. The molecule has 72 valence electrons. The molecule has 14 heavy (non-hydrogen) atoms. The van der Waals surface area contributed by atoms with Crippen LogP contribution in [0, 0.1) is 0 Å². The highest BCUT2D eigenvalue weighted by Crippen LogP contribution is 2.62. The van der Waals surface area contributed by atoms with Crippen LogP contribution in [0.2, 0.25) is 0 Å². The number of halogens is 3. The van der Waals surface area contributed by atoms with E-state index in [0.717, 1.165) is 0 Å². The van der Waals surface area contributed by atoms with Gasteiger partial charge in [0.2, 0.25) is 0 Å². The maximum atomic E-state index is 3.79. The molecule has 1 aromatic rings. The molecule has 0 aromatic heterocycles. The lowest BCUT2D eigenvalue weighted by Gasteiger charge is -2.14. The van der Waals surface area contributed by atoms with Crippen LogP contribution in [0.15, 0.2) is 33.2 Å². The highest BCUT2D eigenvalue weighted by Gasteiger charge is 2.48. The van der Waals surface area contributed by atoms with Gasteiger partial charge in [0.05, 0.1) is 0 Å². The van der Waals surface area contributed by atoms with Crippen molar-refractivity contribution in [1.82, 2.24) is 0 Å². The Morgan fingerprint density at radius 1 is 0.857 bits per heavy atom. The van der Waals surface area contributed by atoms with Gasteiger partial charge in [-0.1, -0.05) is 72.1 Å². The van der Waals surface area contributed by atoms with Gasteiger partial charge in [-0.15, -0.1) is 0 Å². The van der Waals surface area contributed by atoms with Gasteiger partial charge in [-0.05, 0) is 11.1 Å². The molecule has 0 amide bonds. The molecule has 0 nitrogen and oxygen atoms in total. The second-order valence-electron chi connectivity index (χ2n) is 3.72. The van der Waals surface area contributed by atoms with Gasteiger partial charge >= 0.3 is 0 Å². The number of alkyl halides is 1. The Balaban J connectivity index is 2.25. The number of hydrogen-bond donors (Lipinski definition) is 0. The Morgan fingerprint density at radius 3 is 1.71 bits per heavy atom. The van der Waals surface area contributed by atoms with Crippen LogP contribution < -0.4 is 0 Å². The smallest absolute Gasteiger partial charge is 0.0375 e. The van der Waals surface area contributed by atoms with E-state index >= 15 is 0 Å². The van der Waals surface area contributed by atoms with Gasteiger partial charge in [0.15, 0.2) is 0 Å².